The number of amides is 1. The van der Waals surface area contributed by atoms with E-state index in [1.54, 1.807) is 43.9 Å². The number of nitrogens with one attached hydrogen (secondary N) is 1. The summed E-state index contributed by atoms with van der Waals surface area (Å²) in [7, 11) is 3.09. The highest BCUT2D eigenvalue weighted by molar-refractivity contribution is 5.97. The van der Waals surface area contributed by atoms with E-state index >= 15 is 0 Å². The Balaban J connectivity index is 1.79. The molecule has 0 spiro atoms. The number of carbonyl (C=O) groups excluding carboxylic acids is 1. The molecule has 132 valence electrons. The maximum Gasteiger partial charge on any atom is 0.255 e. The Hall–Kier alpha value is -3.41. The third kappa shape index (κ3) is 3.80. The van der Waals surface area contributed by atoms with E-state index in [2.05, 4.69) is 15.3 Å². The summed E-state index contributed by atoms with van der Waals surface area (Å²) in [6.07, 6.45) is 5.16. The first-order chi connectivity index (χ1) is 12.7. The van der Waals surface area contributed by atoms with Gasteiger partial charge in [0, 0.05) is 36.8 Å². The van der Waals surface area contributed by atoms with Crippen molar-refractivity contribution in [2.75, 3.05) is 14.2 Å². The molecule has 2 heterocycles. The fourth-order valence-corrected chi connectivity index (χ4v) is 2.61. The summed E-state index contributed by atoms with van der Waals surface area (Å²) in [6.45, 7) is 0.347. The Morgan fingerprint density at radius 2 is 1.85 bits per heavy atom. The lowest BCUT2D eigenvalue weighted by molar-refractivity contribution is 0.0948. The smallest absolute Gasteiger partial charge is 0.255 e. The van der Waals surface area contributed by atoms with Crippen molar-refractivity contribution in [3.63, 3.8) is 0 Å². The Morgan fingerprint density at radius 1 is 1.04 bits per heavy atom. The van der Waals surface area contributed by atoms with Crippen molar-refractivity contribution in [1.29, 1.82) is 0 Å². The van der Waals surface area contributed by atoms with Gasteiger partial charge in [-0.2, -0.15) is 0 Å². The van der Waals surface area contributed by atoms with Crippen LogP contribution in [0.25, 0.3) is 11.3 Å². The summed E-state index contributed by atoms with van der Waals surface area (Å²) in [5.41, 5.74) is 3.13. The summed E-state index contributed by atoms with van der Waals surface area (Å²) in [5, 5.41) is 2.92. The van der Waals surface area contributed by atoms with Crippen molar-refractivity contribution >= 4 is 5.91 Å². The zero-order valence-corrected chi connectivity index (χ0v) is 14.6. The number of hydrogen-bond acceptors (Lipinski definition) is 5. The number of carbonyl (C=O) groups is 1. The van der Waals surface area contributed by atoms with Crippen LogP contribution in [0.2, 0.25) is 0 Å². The van der Waals surface area contributed by atoms with E-state index in [1.807, 2.05) is 24.3 Å². The zero-order chi connectivity index (χ0) is 18.4. The topological polar surface area (TPSA) is 73.3 Å². The van der Waals surface area contributed by atoms with Gasteiger partial charge in [0.25, 0.3) is 5.91 Å². The fraction of sp³-hybridized carbons (Fsp3) is 0.150. The maximum atomic E-state index is 12.6. The Labute approximate surface area is 151 Å². The van der Waals surface area contributed by atoms with Gasteiger partial charge in [-0.1, -0.05) is 6.07 Å². The molecule has 6 nitrogen and oxygen atoms in total. The van der Waals surface area contributed by atoms with Gasteiger partial charge in [0.1, 0.15) is 11.5 Å². The Bertz CT molecular complexity index is 898. The predicted molar refractivity (Wildman–Crippen MR) is 98.2 cm³/mol. The summed E-state index contributed by atoms with van der Waals surface area (Å²) in [5.74, 6) is 0.863. The fourth-order valence-electron chi connectivity index (χ4n) is 2.61. The minimum atomic E-state index is -0.228. The van der Waals surface area contributed by atoms with Crippen molar-refractivity contribution < 1.29 is 14.3 Å². The largest absolute Gasteiger partial charge is 0.497 e. The monoisotopic (exact) mass is 349 g/mol. The summed E-state index contributed by atoms with van der Waals surface area (Å²) < 4.78 is 10.5. The van der Waals surface area contributed by atoms with Crippen LogP contribution in [0.15, 0.2) is 61.1 Å². The second kappa shape index (κ2) is 8.11. The van der Waals surface area contributed by atoms with Crippen molar-refractivity contribution in [3.05, 3.63) is 72.2 Å². The van der Waals surface area contributed by atoms with Crippen molar-refractivity contribution in [1.82, 2.24) is 15.3 Å². The lowest BCUT2D eigenvalue weighted by Crippen LogP contribution is -2.23. The number of methoxy groups -OCH3 is 2. The van der Waals surface area contributed by atoms with Gasteiger partial charge >= 0.3 is 0 Å². The summed E-state index contributed by atoms with van der Waals surface area (Å²) in [4.78, 5) is 21.0. The molecule has 0 saturated carbocycles. The molecule has 0 bridgehead atoms. The molecule has 1 aromatic carbocycles. The second-order valence-electron chi connectivity index (χ2n) is 5.50. The first-order valence-electron chi connectivity index (χ1n) is 8.07. The van der Waals surface area contributed by atoms with Gasteiger partial charge in [-0.05, 0) is 35.9 Å². The number of nitrogens with zero attached hydrogens (tertiary/aromatic N) is 2. The van der Waals surface area contributed by atoms with Gasteiger partial charge in [-0.25, -0.2) is 0 Å². The van der Waals surface area contributed by atoms with Crippen LogP contribution in [0.5, 0.6) is 11.5 Å². The Kier molecular flexibility index (Phi) is 5.43. The molecule has 0 saturated heterocycles. The lowest BCUT2D eigenvalue weighted by atomic mass is 10.1. The molecule has 2 aromatic heterocycles. The van der Waals surface area contributed by atoms with Crippen LogP contribution < -0.4 is 14.8 Å². The van der Waals surface area contributed by atoms with Gasteiger partial charge < -0.3 is 14.8 Å². The molecule has 0 aliphatic rings. The van der Waals surface area contributed by atoms with E-state index in [9.17, 15) is 4.79 Å². The van der Waals surface area contributed by atoms with E-state index in [4.69, 9.17) is 9.47 Å². The van der Waals surface area contributed by atoms with Crippen LogP contribution >= 0.6 is 0 Å². The van der Waals surface area contributed by atoms with Gasteiger partial charge in [0.15, 0.2) is 0 Å². The average Bonchev–Trinajstić information content (AvgIpc) is 2.72. The van der Waals surface area contributed by atoms with Crippen molar-refractivity contribution in [3.8, 4) is 22.8 Å². The lowest BCUT2D eigenvalue weighted by Gasteiger charge is -2.12. The summed E-state index contributed by atoms with van der Waals surface area (Å²) >= 11 is 0. The molecule has 3 rings (SSSR count). The molecule has 0 unspecified atom stereocenters. The maximum absolute atomic E-state index is 12.6. The second-order valence-corrected chi connectivity index (χ2v) is 5.50. The number of aromatic nitrogens is 2. The zero-order valence-electron chi connectivity index (χ0n) is 14.6. The van der Waals surface area contributed by atoms with Crippen LogP contribution in [0.1, 0.15) is 15.9 Å². The van der Waals surface area contributed by atoms with E-state index in [0.29, 0.717) is 23.6 Å². The predicted octanol–water partition coefficient (Wildman–Crippen LogP) is 3.09. The molecular formula is C20H19N3O3. The SMILES string of the molecule is COc1ccc(C(=O)NCc2cccnc2-c2ccncc2)c(OC)c1. The summed E-state index contributed by atoms with van der Waals surface area (Å²) in [6, 6.07) is 12.7. The number of ether oxygens (including phenoxy) is 2. The highest BCUT2D eigenvalue weighted by Gasteiger charge is 2.14. The van der Waals surface area contributed by atoms with Gasteiger partial charge in [0.2, 0.25) is 0 Å². The van der Waals surface area contributed by atoms with Crippen molar-refractivity contribution in [2.45, 2.75) is 6.54 Å². The molecule has 6 heteroatoms. The Morgan fingerprint density at radius 3 is 2.58 bits per heavy atom. The third-order valence-electron chi connectivity index (χ3n) is 3.94. The van der Waals surface area contributed by atoms with E-state index < -0.39 is 0 Å². The van der Waals surface area contributed by atoms with Gasteiger partial charge in [0.05, 0.1) is 25.5 Å². The van der Waals surface area contributed by atoms with E-state index in [0.717, 1.165) is 16.8 Å². The van der Waals surface area contributed by atoms with E-state index in [-0.39, 0.29) is 5.91 Å². The van der Waals surface area contributed by atoms with Crippen LogP contribution in [0, 0.1) is 0 Å². The number of rotatable bonds is 6. The normalized spacial score (nSPS) is 10.2. The first kappa shape index (κ1) is 17.4. The average molecular weight is 349 g/mol. The third-order valence-corrected chi connectivity index (χ3v) is 3.94. The molecule has 3 aromatic rings. The molecule has 0 fully saturated rings. The van der Waals surface area contributed by atoms with Crippen LogP contribution in [0.3, 0.4) is 0 Å². The molecule has 0 aliphatic heterocycles. The van der Waals surface area contributed by atoms with Crippen LogP contribution in [-0.4, -0.2) is 30.1 Å². The number of hydrogen-bond donors (Lipinski definition) is 1. The molecule has 0 aliphatic carbocycles. The molecular weight excluding hydrogens is 330 g/mol. The van der Waals surface area contributed by atoms with Crippen LogP contribution in [0.4, 0.5) is 0 Å². The van der Waals surface area contributed by atoms with Crippen LogP contribution in [-0.2, 0) is 6.54 Å². The molecule has 1 amide bonds. The standard InChI is InChI=1S/C20H19N3O3/c1-25-16-5-6-17(18(12-16)26-2)20(24)23-13-15-4-3-9-22-19(15)14-7-10-21-11-8-14/h3-12H,13H2,1-2H3,(H,23,24). The minimum Gasteiger partial charge on any atom is -0.497 e. The molecule has 0 atom stereocenters. The quantitative estimate of drug-likeness (QED) is 0.740. The minimum absolute atomic E-state index is 0.228. The number of benzene rings is 1. The van der Waals surface area contributed by atoms with Crippen molar-refractivity contribution in [2.24, 2.45) is 0 Å². The molecule has 0 radical (unpaired) electrons. The highest BCUT2D eigenvalue weighted by Crippen LogP contribution is 2.25. The molecule has 26 heavy (non-hydrogen) atoms. The first-order valence-corrected chi connectivity index (χ1v) is 8.07. The van der Waals surface area contributed by atoms with E-state index in [1.165, 1.54) is 7.11 Å². The molecule has 1 N–H and O–H groups in total. The van der Waals surface area contributed by atoms with Gasteiger partial charge in [-0.15, -0.1) is 0 Å². The van der Waals surface area contributed by atoms with Gasteiger partial charge in [-0.3, -0.25) is 14.8 Å². The number of pyridine rings is 2. The highest BCUT2D eigenvalue weighted by atomic mass is 16.5.